The molecule has 0 saturated carbocycles. The molecule has 0 atom stereocenters. The molecule has 0 spiro atoms. The van der Waals surface area contributed by atoms with E-state index < -0.39 is 0 Å². The van der Waals surface area contributed by atoms with Crippen molar-refractivity contribution in [2.75, 3.05) is 33.7 Å². The van der Waals surface area contributed by atoms with Crippen molar-refractivity contribution in [1.82, 2.24) is 0 Å². The van der Waals surface area contributed by atoms with Gasteiger partial charge in [-0.1, -0.05) is 57.9 Å². The Morgan fingerprint density at radius 3 is 1.91 bits per heavy atom. The molecule has 0 radical (unpaired) electrons. The summed E-state index contributed by atoms with van der Waals surface area (Å²) >= 11 is 0. The minimum Gasteiger partial charge on any atom is -0.665 e. The Bertz CT molecular complexity index is 230. The smallest absolute Gasteiger partial charge is 0.665 e. The van der Waals surface area contributed by atoms with E-state index >= 15 is 0 Å². The number of hydrogen-bond donors (Lipinski definition) is 0. The molecule has 0 fully saturated rings. The van der Waals surface area contributed by atoms with E-state index in [4.69, 9.17) is 0 Å². The maximum atomic E-state index is 4.44. The van der Waals surface area contributed by atoms with Crippen LogP contribution in [0.15, 0.2) is 23.8 Å². The minimum absolute atomic E-state index is 0. The van der Waals surface area contributed by atoms with Crippen LogP contribution >= 0.6 is 0 Å². The second-order valence-corrected chi connectivity index (χ2v) is 4.83. The summed E-state index contributed by atoms with van der Waals surface area (Å²) in [6.07, 6.45) is 10.2. The Balaban J connectivity index is -0.000000138. The van der Waals surface area contributed by atoms with Gasteiger partial charge in [0.05, 0.1) is 0 Å². The van der Waals surface area contributed by atoms with Crippen molar-refractivity contribution in [3.8, 4) is 0 Å². The van der Waals surface area contributed by atoms with Gasteiger partial charge in [-0.3, -0.25) is 0 Å². The topological polar surface area (TPSA) is 42.3 Å². The fraction of sp³-hybridized carbons (Fsp3) is 0.722. The first-order valence-electron chi connectivity index (χ1n) is 7.74. The average molecular weight is 474 g/mol. The van der Waals surface area contributed by atoms with Gasteiger partial charge in [0.25, 0.3) is 0 Å². The van der Waals surface area contributed by atoms with Crippen molar-refractivity contribution in [2.45, 2.75) is 53.0 Å². The fourth-order valence-electron chi connectivity index (χ4n) is 1.33. The first-order chi connectivity index (χ1) is 9.62. The number of nitrogens with zero attached hydrogens (tertiary/aromatic N) is 3. The van der Waals surface area contributed by atoms with Gasteiger partial charge in [-0.25, -0.2) is 0 Å². The first kappa shape index (κ1) is 30.1. The molecule has 0 N–H and O–H groups in total. The Hall–Kier alpha value is 0.230. The molecule has 3 nitrogen and oxygen atoms in total. The Morgan fingerprint density at radius 2 is 1.59 bits per heavy atom. The summed E-state index contributed by atoms with van der Waals surface area (Å²) in [7, 11) is 3.61. The van der Waals surface area contributed by atoms with Gasteiger partial charge in [0.1, 0.15) is 0 Å². The fourth-order valence-corrected chi connectivity index (χ4v) is 1.33. The van der Waals surface area contributed by atoms with Crippen LogP contribution in [-0.4, -0.2) is 39.8 Å². The molecule has 0 heterocycles. The van der Waals surface area contributed by atoms with Crippen LogP contribution in [0.4, 0.5) is 0 Å². The Morgan fingerprint density at radius 1 is 1.09 bits per heavy atom. The number of hydrogen-bond acceptors (Lipinski definition) is 0. The average Bonchev–Trinajstić information content (AvgIpc) is 2.97. The maximum absolute atomic E-state index is 4.44. The van der Waals surface area contributed by atoms with E-state index in [2.05, 4.69) is 48.0 Å². The summed E-state index contributed by atoms with van der Waals surface area (Å²) in [6.45, 7) is 11.2. The monoisotopic (exact) mass is 475 g/mol. The van der Waals surface area contributed by atoms with E-state index in [0.717, 1.165) is 19.6 Å². The van der Waals surface area contributed by atoms with Crippen LogP contribution in [-0.2, 0) is 25.8 Å². The maximum Gasteiger partial charge on any atom is 4.00 e. The third kappa shape index (κ3) is 28.4. The number of allylic oxidation sites excluding steroid dienone is 4. The zero-order valence-electron chi connectivity index (χ0n) is 15.9. The molecule has 0 aromatic carbocycles. The summed E-state index contributed by atoms with van der Waals surface area (Å²) in [5, 5.41) is 11.9. The molecular formula is C18H37HfN3. The zero-order valence-corrected chi connectivity index (χ0v) is 19.5. The predicted molar refractivity (Wildman–Crippen MR) is 100 cm³/mol. The van der Waals surface area contributed by atoms with Crippen molar-refractivity contribution < 1.29 is 25.8 Å². The van der Waals surface area contributed by atoms with E-state index in [1.807, 2.05) is 13.8 Å². The van der Waals surface area contributed by atoms with Crippen molar-refractivity contribution in [3.63, 3.8) is 0 Å². The van der Waals surface area contributed by atoms with Crippen LogP contribution in [0.3, 0.4) is 0 Å². The minimum atomic E-state index is 0. The van der Waals surface area contributed by atoms with Gasteiger partial charge in [0, 0.05) is 0 Å². The van der Waals surface area contributed by atoms with Crippen LogP contribution in [0, 0.1) is 7.43 Å². The summed E-state index contributed by atoms with van der Waals surface area (Å²) in [5.41, 5.74) is 1.56. The molecule has 0 aliphatic heterocycles. The molecule has 0 aromatic rings. The van der Waals surface area contributed by atoms with Gasteiger partial charge in [0.15, 0.2) is 0 Å². The summed E-state index contributed by atoms with van der Waals surface area (Å²) in [6, 6.07) is 0.501. The summed E-state index contributed by atoms with van der Waals surface area (Å²) < 4.78 is 0. The molecule has 128 valence electrons. The molecule has 1 aliphatic rings. The van der Waals surface area contributed by atoms with E-state index in [-0.39, 0.29) is 33.3 Å². The van der Waals surface area contributed by atoms with Gasteiger partial charge in [-0.05, 0) is 12.8 Å². The van der Waals surface area contributed by atoms with Crippen LogP contribution in [0.5, 0.6) is 0 Å². The van der Waals surface area contributed by atoms with Crippen molar-refractivity contribution in [1.29, 1.82) is 0 Å². The van der Waals surface area contributed by atoms with E-state index in [9.17, 15) is 0 Å². The molecule has 4 heteroatoms. The molecule has 1 rings (SSSR count). The van der Waals surface area contributed by atoms with Gasteiger partial charge in [-0.2, -0.15) is 27.2 Å². The molecule has 0 bridgehead atoms. The van der Waals surface area contributed by atoms with Gasteiger partial charge in [-0.15, -0.1) is 12.6 Å². The second kappa shape index (κ2) is 26.1. The van der Waals surface area contributed by atoms with E-state index in [1.165, 1.54) is 19.3 Å². The largest absolute Gasteiger partial charge is 4.00 e. The van der Waals surface area contributed by atoms with Crippen LogP contribution in [0.25, 0.3) is 16.0 Å². The molecular weight excluding hydrogens is 437 g/mol. The number of rotatable bonds is 7. The quantitative estimate of drug-likeness (QED) is 0.251. The van der Waals surface area contributed by atoms with Gasteiger partial charge >= 0.3 is 25.8 Å². The Labute approximate surface area is 159 Å². The predicted octanol–water partition coefficient (Wildman–Crippen LogP) is 5.90. The third-order valence-electron chi connectivity index (χ3n) is 2.63. The van der Waals surface area contributed by atoms with Crippen molar-refractivity contribution in [2.24, 2.45) is 0 Å². The first-order valence-corrected chi connectivity index (χ1v) is 7.74. The molecule has 0 unspecified atom stereocenters. The van der Waals surface area contributed by atoms with E-state index in [0.29, 0.717) is 6.04 Å². The van der Waals surface area contributed by atoms with Gasteiger partial charge in [0.2, 0.25) is 0 Å². The second-order valence-electron chi connectivity index (χ2n) is 4.83. The molecule has 0 aromatic heterocycles. The van der Waals surface area contributed by atoms with Crippen molar-refractivity contribution in [3.05, 3.63) is 47.2 Å². The zero-order chi connectivity index (χ0) is 15.6. The SMILES string of the molecule is CC(C)[N-]CCCC1=CC=CC1.CC[N-]C.CC[N-]C.[CH3-].[Hf+4]. The Kier molecular flexibility index (Phi) is 35.8. The van der Waals surface area contributed by atoms with Crippen LogP contribution in [0.1, 0.15) is 47.0 Å². The van der Waals surface area contributed by atoms with Gasteiger partial charge < -0.3 is 23.4 Å². The molecule has 0 amide bonds. The summed E-state index contributed by atoms with van der Waals surface area (Å²) in [4.78, 5) is 0. The van der Waals surface area contributed by atoms with Crippen LogP contribution in [0.2, 0.25) is 0 Å². The summed E-state index contributed by atoms with van der Waals surface area (Å²) in [5.74, 6) is 0. The normalized spacial score (nSPS) is 11.3. The molecule has 0 saturated heterocycles. The standard InChI is InChI=1S/C11H18N.2C3H8N.CH3.Hf/c1-10(2)12-9-5-8-11-6-3-4-7-11;2*1-3-4-2;;/h3-4,6,10H,5,7-9H2,1-2H3;2*3H2,1-2H3;1H3;/q4*-1;+4. The van der Waals surface area contributed by atoms with Crippen molar-refractivity contribution >= 4 is 0 Å². The van der Waals surface area contributed by atoms with Crippen LogP contribution < -0.4 is 0 Å². The molecule has 1 aliphatic carbocycles. The molecule has 22 heavy (non-hydrogen) atoms. The van der Waals surface area contributed by atoms with E-state index in [1.54, 1.807) is 19.7 Å². The third-order valence-corrected chi connectivity index (χ3v) is 2.63.